The summed E-state index contributed by atoms with van der Waals surface area (Å²) in [7, 11) is 0. The first-order chi connectivity index (χ1) is 8.69. The third-order valence-electron chi connectivity index (χ3n) is 3.06. The van der Waals surface area contributed by atoms with Gasteiger partial charge in [0.05, 0.1) is 6.61 Å². The van der Waals surface area contributed by atoms with E-state index in [2.05, 4.69) is 15.3 Å². The number of likely N-dealkylation sites (tertiary alicyclic amines) is 1. The second-order valence-corrected chi connectivity index (χ2v) is 4.52. The minimum Gasteiger partial charge on any atom is -0.450 e. The van der Waals surface area contributed by atoms with Gasteiger partial charge in [-0.1, -0.05) is 0 Å². The Kier molecular flexibility index (Phi) is 4.07. The van der Waals surface area contributed by atoms with Crippen LogP contribution in [0.1, 0.15) is 25.5 Å². The summed E-state index contributed by atoms with van der Waals surface area (Å²) in [4.78, 5) is 20.7. The minimum absolute atomic E-state index is 0.204. The number of H-pyrrole nitrogens is 1. The minimum atomic E-state index is -0.204. The van der Waals surface area contributed by atoms with E-state index >= 15 is 0 Å². The van der Waals surface area contributed by atoms with Crippen LogP contribution in [0.15, 0.2) is 6.20 Å². The highest BCUT2D eigenvalue weighted by Crippen LogP contribution is 2.15. The summed E-state index contributed by atoms with van der Waals surface area (Å²) >= 11 is 0. The Morgan fingerprint density at radius 1 is 1.61 bits per heavy atom. The summed E-state index contributed by atoms with van der Waals surface area (Å²) in [6.45, 7) is 5.70. The summed E-state index contributed by atoms with van der Waals surface area (Å²) < 4.78 is 4.99. The topological polar surface area (TPSA) is 70.2 Å². The van der Waals surface area contributed by atoms with Gasteiger partial charge in [0.15, 0.2) is 0 Å². The van der Waals surface area contributed by atoms with Crippen LogP contribution in [0.3, 0.4) is 0 Å². The zero-order valence-electron chi connectivity index (χ0n) is 10.9. The highest BCUT2D eigenvalue weighted by Gasteiger charge is 2.23. The van der Waals surface area contributed by atoms with Gasteiger partial charge in [-0.05, 0) is 26.7 Å². The molecule has 100 valence electrons. The molecule has 6 heteroatoms. The van der Waals surface area contributed by atoms with Gasteiger partial charge in [-0.15, -0.1) is 0 Å². The smallest absolute Gasteiger partial charge is 0.409 e. The molecular formula is C12H20N4O2. The zero-order valence-corrected chi connectivity index (χ0v) is 10.9. The molecular weight excluding hydrogens is 232 g/mol. The number of aromatic amines is 1. The maximum atomic E-state index is 11.5. The molecule has 1 aliphatic heterocycles. The van der Waals surface area contributed by atoms with Gasteiger partial charge in [0.25, 0.3) is 0 Å². The first-order valence-electron chi connectivity index (χ1n) is 6.39. The number of nitrogens with one attached hydrogen (secondary N) is 2. The molecule has 0 aromatic carbocycles. The monoisotopic (exact) mass is 252 g/mol. The molecule has 18 heavy (non-hydrogen) atoms. The standard InChI is InChI=1S/C12H20N4O2/c1-3-18-12(17)16-6-4-10(5-7-16)15-11-13-8-9(2)14-11/h8,10H,3-7H2,1-2H3,(H2,13,14,15). The zero-order chi connectivity index (χ0) is 13.0. The second kappa shape index (κ2) is 5.75. The van der Waals surface area contributed by atoms with Gasteiger partial charge in [-0.2, -0.15) is 0 Å². The number of hydrogen-bond acceptors (Lipinski definition) is 4. The predicted molar refractivity (Wildman–Crippen MR) is 68.6 cm³/mol. The van der Waals surface area contributed by atoms with Gasteiger partial charge in [0.1, 0.15) is 0 Å². The van der Waals surface area contributed by atoms with E-state index in [4.69, 9.17) is 4.74 Å². The van der Waals surface area contributed by atoms with Crippen LogP contribution in [-0.2, 0) is 4.74 Å². The van der Waals surface area contributed by atoms with Gasteiger partial charge >= 0.3 is 6.09 Å². The van der Waals surface area contributed by atoms with Gasteiger partial charge in [0.2, 0.25) is 5.95 Å². The van der Waals surface area contributed by atoms with Crippen molar-refractivity contribution in [3.63, 3.8) is 0 Å². The highest BCUT2D eigenvalue weighted by atomic mass is 16.6. The van der Waals surface area contributed by atoms with Gasteiger partial charge in [-0.25, -0.2) is 9.78 Å². The van der Waals surface area contributed by atoms with Crippen molar-refractivity contribution in [1.82, 2.24) is 14.9 Å². The Balaban J connectivity index is 1.78. The van der Waals surface area contributed by atoms with Crippen molar-refractivity contribution in [2.24, 2.45) is 0 Å². The summed E-state index contributed by atoms with van der Waals surface area (Å²) in [5.41, 5.74) is 1.04. The average molecular weight is 252 g/mol. The van der Waals surface area contributed by atoms with Gasteiger partial charge in [-0.3, -0.25) is 0 Å². The number of imidazole rings is 1. The van der Waals surface area contributed by atoms with Gasteiger partial charge < -0.3 is 19.9 Å². The predicted octanol–water partition coefficient (Wildman–Crippen LogP) is 1.75. The lowest BCUT2D eigenvalue weighted by Crippen LogP contribution is -2.42. The van der Waals surface area contributed by atoms with Crippen molar-refractivity contribution in [3.8, 4) is 0 Å². The van der Waals surface area contributed by atoms with Crippen LogP contribution >= 0.6 is 0 Å². The summed E-state index contributed by atoms with van der Waals surface area (Å²) in [5, 5.41) is 3.35. The van der Waals surface area contributed by atoms with Crippen molar-refractivity contribution in [2.75, 3.05) is 25.0 Å². The fourth-order valence-electron chi connectivity index (χ4n) is 2.10. The van der Waals surface area contributed by atoms with E-state index in [1.165, 1.54) is 0 Å². The molecule has 2 N–H and O–H groups in total. The van der Waals surface area contributed by atoms with Crippen LogP contribution < -0.4 is 5.32 Å². The van der Waals surface area contributed by atoms with Crippen LogP contribution in [-0.4, -0.2) is 46.7 Å². The SMILES string of the molecule is CCOC(=O)N1CCC(Nc2ncc(C)[nH]2)CC1. The second-order valence-electron chi connectivity index (χ2n) is 4.52. The van der Waals surface area contributed by atoms with E-state index in [0.29, 0.717) is 12.6 Å². The molecule has 1 aliphatic rings. The van der Waals surface area contributed by atoms with Crippen molar-refractivity contribution < 1.29 is 9.53 Å². The molecule has 0 unspecified atom stereocenters. The molecule has 1 aromatic rings. The lowest BCUT2D eigenvalue weighted by Gasteiger charge is -2.31. The third-order valence-corrected chi connectivity index (χ3v) is 3.06. The summed E-state index contributed by atoms with van der Waals surface area (Å²) in [6.07, 6.45) is 3.43. The van der Waals surface area contributed by atoms with E-state index in [-0.39, 0.29) is 6.09 Å². The molecule has 1 saturated heterocycles. The number of amides is 1. The lowest BCUT2D eigenvalue weighted by molar-refractivity contribution is 0.0983. The molecule has 0 aliphatic carbocycles. The number of rotatable bonds is 3. The lowest BCUT2D eigenvalue weighted by atomic mass is 10.1. The van der Waals surface area contributed by atoms with Crippen LogP contribution in [0.5, 0.6) is 0 Å². The molecule has 0 radical (unpaired) electrons. The molecule has 1 amide bonds. The van der Waals surface area contributed by atoms with E-state index in [0.717, 1.165) is 37.6 Å². The summed E-state index contributed by atoms with van der Waals surface area (Å²) in [6, 6.07) is 0.362. The normalized spacial score (nSPS) is 16.7. The fourth-order valence-corrected chi connectivity index (χ4v) is 2.10. The van der Waals surface area contributed by atoms with Crippen LogP contribution in [0.2, 0.25) is 0 Å². The Labute approximate surface area is 107 Å². The molecule has 1 fully saturated rings. The number of aromatic nitrogens is 2. The molecule has 2 heterocycles. The Bertz CT molecular complexity index is 397. The maximum absolute atomic E-state index is 11.5. The molecule has 0 bridgehead atoms. The number of carbonyl (C=O) groups excluding carboxylic acids is 1. The molecule has 0 spiro atoms. The number of ether oxygens (including phenoxy) is 1. The highest BCUT2D eigenvalue weighted by molar-refractivity contribution is 5.67. The molecule has 0 atom stereocenters. The Morgan fingerprint density at radius 2 is 2.33 bits per heavy atom. The van der Waals surface area contributed by atoms with Crippen molar-refractivity contribution in [3.05, 3.63) is 11.9 Å². The number of carbonyl (C=O) groups is 1. The van der Waals surface area contributed by atoms with Crippen molar-refractivity contribution in [2.45, 2.75) is 32.7 Å². The molecule has 1 aromatic heterocycles. The number of anilines is 1. The third kappa shape index (κ3) is 3.15. The summed E-state index contributed by atoms with van der Waals surface area (Å²) in [5.74, 6) is 0.807. The quantitative estimate of drug-likeness (QED) is 0.859. The number of aryl methyl sites for hydroxylation is 1. The molecule has 0 saturated carbocycles. The Hall–Kier alpha value is -1.72. The van der Waals surface area contributed by atoms with Crippen molar-refractivity contribution >= 4 is 12.0 Å². The van der Waals surface area contributed by atoms with Gasteiger partial charge in [0, 0.05) is 31.0 Å². The maximum Gasteiger partial charge on any atom is 0.409 e. The first-order valence-corrected chi connectivity index (χ1v) is 6.39. The largest absolute Gasteiger partial charge is 0.450 e. The van der Waals surface area contributed by atoms with E-state index in [1.807, 2.05) is 13.8 Å². The van der Waals surface area contributed by atoms with E-state index < -0.39 is 0 Å². The van der Waals surface area contributed by atoms with E-state index in [1.54, 1.807) is 11.1 Å². The van der Waals surface area contributed by atoms with Crippen LogP contribution in [0.4, 0.5) is 10.7 Å². The molecule has 2 rings (SSSR count). The number of piperidine rings is 1. The Morgan fingerprint density at radius 3 is 2.89 bits per heavy atom. The number of nitrogens with zero attached hydrogens (tertiary/aromatic N) is 2. The fraction of sp³-hybridized carbons (Fsp3) is 0.667. The first kappa shape index (κ1) is 12.7. The molecule has 6 nitrogen and oxygen atoms in total. The van der Waals surface area contributed by atoms with E-state index in [9.17, 15) is 4.79 Å². The number of hydrogen-bond donors (Lipinski definition) is 2. The van der Waals surface area contributed by atoms with Crippen LogP contribution in [0, 0.1) is 6.92 Å². The van der Waals surface area contributed by atoms with Crippen LogP contribution in [0.25, 0.3) is 0 Å². The average Bonchev–Trinajstić information content (AvgIpc) is 2.76. The van der Waals surface area contributed by atoms with Crippen molar-refractivity contribution in [1.29, 1.82) is 0 Å².